The maximum atomic E-state index is 9.21. The van der Waals surface area contributed by atoms with Gasteiger partial charge in [0.15, 0.2) is 29.1 Å². The summed E-state index contributed by atoms with van der Waals surface area (Å²) in [6, 6.07) is 111. The molecule has 6 aromatic heterocycles. The first-order valence-corrected chi connectivity index (χ1v) is 36.0. The number of hydrogen-bond donors (Lipinski definition) is 2. The van der Waals surface area contributed by atoms with Crippen molar-refractivity contribution in [3.63, 3.8) is 0 Å². The van der Waals surface area contributed by atoms with E-state index in [-0.39, 0.29) is 5.28 Å². The molecule has 104 heavy (non-hydrogen) atoms. The highest BCUT2D eigenvalue weighted by Crippen LogP contribution is 2.43. The lowest BCUT2D eigenvalue weighted by molar-refractivity contribution is 0.426. The molecular formula is C90H56BClN6O4S2. The molecule has 492 valence electrons. The molecule has 2 N–H and O–H groups in total. The van der Waals surface area contributed by atoms with Crippen molar-refractivity contribution < 1.29 is 18.9 Å². The Bertz CT molecular complexity index is 6610. The van der Waals surface area contributed by atoms with E-state index in [1.807, 2.05) is 139 Å². The van der Waals surface area contributed by atoms with Gasteiger partial charge < -0.3 is 18.9 Å². The van der Waals surface area contributed by atoms with Crippen molar-refractivity contribution in [1.82, 2.24) is 29.9 Å². The van der Waals surface area contributed by atoms with E-state index in [4.69, 9.17) is 35.4 Å². The van der Waals surface area contributed by atoms with Gasteiger partial charge in [0.2, 0.25) is 5.28 Å². The van der Waals surface area contributed by atoms with Gasteiger partial charge in [-0.15, -0.1) is 22.7 Å². The molecule has 14 aromatic carbocycles. The van der Waals surface area contributed by atoms with Crippen molar-refractivity contribution in [2.45, 2.75) is 0 Å². The fourth-order valence-electron chi connectivity index (χ4n) is 13.6. The SMILES string of the molecule is Clc1nc(-c2ccccc2)nc(-c2ccc3c(c2)oc2ccc(-c4ccccc4)cc23)n1.OB(O)c1ccc(-c2cccc3c2sc2ccccc23)cc1.c1ccc(-c2ccc3oc4cc(-c5nc(-c6ccccc6)nc(-c6cccc(-c7cccc8c7sc7ccccc78)c6)n5)ccc4c3c2)cc1. The molecule has 10 nitrogen and oxygen atoms in total. The third kappa shape index (κ3) is 12.4. The highest BCUT2D eigenvalue weighted by atomic mass is 35.5. The normalized spacial score (nSPS) is 11.4. The summed E-state index contributed by atoms with van der Waals surface area (Å²) in [6.07, 6.45) is 0. The molecule has 0 saturated carbocycles. The fraction of sp³-hybridized carbons (Fsp3) is 0. The smallest absolute Gasteiger partial charge is 0.456 e. The van der Waals surface area contributed by atoms with Gasteiger partial charge >= 0.3 is 7.12 Å². The molecule has 14 heteroatoms. The summed E-state index contributed by atoms with van der Waals surface area (Å²) in [6.45, 7) is 0. The molecule has 0 bridgehead atoms. The van der Waals surface area contributed by atoms with Crippen LogP contribution in [0.4, 0.5) is 0 Å². The van der Waals surface area contributed by atoms with E-state index in [0.29, 0.717) is 34.6 Å². The molecule has 20 rings (SSSR count). The molecule has 20 aromatic rings. The number of nitrogens with zero attached hydrogens (tertiary/aromatic N) is 6. The van der Waals surface area contributed by atoms with E-state index >= 15 is 0 Å². The molecule has 0 atom stereocenters. The molecule has 0 radical (unpaired) electrons. The average molecular weight is 1400 g/mol. The van der Waals surface area contributed by atoms with Crippen molar-refractivity contribution in [2.75, 3.05) is 0 Å². The molecule has 0 aliphatic carbocycles. The number of furan rings is 2. The Kier molecular flexibility index (Phi) is 16.8. The fourth-order valence-corrected chi connectivity index (χ4v) is 16.2. The highest BCUT2D eigenvalue weighted by molar-refractivity contribution is 7.26. The predicted octanol–water partition coefficient (Wildman–Crippen LogP) is 23.3. The van der Waals surface area contributed by atoms with Gasteiger partial charge in [0, 0.05) is 89.7 Å². The summed E-state index contributed by atoms with van der Waals surface area (Å²) < 4.78 is 17.7. The van der Waals surface area contributed by atoms with Gasteiger partial charge in [-0.25, -0.2) is 19.9 Å². The largest absolute Gasteiger partial charge is 0.488 e. The van der Waals surface area contributed by atoms with Gasteiger partial charge in [-0.05, 0) is 128 Å². The maximum absolute atomic E-state index is 9.21. The molecule has 0 spiro atoms. The van der Waals surface area contributed by atoms with E-state index in [1.165, 1.54) is 62.6 Å². The maximum Gasteiger partial charge on any atom is 0.488 e. The number of rotatable bonds is 10. The zero-order chi connectivity index (χ0) is 69.6. The summed E-state index contributed by atoms with van der Waals surface area (Å²) in [5.41, 5.74) is 17.5. The molecule has 0 fully saturated rings. The van der Waals surface area contributed by atoms with E-state index < -0.39 is 7.12 Å². The molecule has 0 unspecified atom stereocenters. The van der Waals surface area contributed by atoms with Crippen LogP contribution in [0, 0.1) is 0 Å². The summed E-state index contributed by atoms with van der Waals surface area (Å²) in [7, 11) is -1.42. The van der Waals surface area contributed by atoms with Gasteiger partial charge in [0.1, 0.15) is 22.3 Å². The van der Waals surface area contributed by atoms with Crippen LogP contribution < -0.4 is 5.46 Å². The van der Waals surface area contributed by atoms with E-state index in [1.54, 1.807) is 23.5 Å². The highest BCUT2D eigenvalue weighted by Gasteiger charge is 2.20. The third-order valence-electron chi connectivity index (χ3n) is 18.7. The van der Waals surface area contributed by atoms with Gasteiger partial charge in [0.25, 0.3) is 0 Å². The standard InChI is InChI=1S/C45H27N3OS.C27H16ClN3O.C18H13BO2S/c1-3-11-28(12-4-1)30-22-24-39-38(26-30)35-23-21-33(27-40(35)49-39)45-47-43(29-13-5-2-6-14-29)46-44(48-45)32-16-9-15-31(25-32)34-18-10-19-37-36-17-7-8-20-41(36)50-42(34)37;28-27-30-25(18-9-5-2-6-10-18)29-26(31-27)20-11-13-21-22-15-19(17-7-3-1-4-8-17)12-14-23(22)32-24(21)16-20;20-19(21)13-10-8-12(9-11-13)14-5-3-6-16-15-4-1-2-7-17(15)22-18(14)16/h1-27H;1-16H;1-11,20-21H. The Hall–Kier alpha value is -12.6. The van der Waals surface area contributed by atoms with Crippen LogP contribution in [0.3, 0.4) is 0 Å². The van der Waals surface area contributed by atoms with Gasteiger partial charge in [-0.3, -0.25) is 0 Å². The Morgan fingerprint density at radius 2 is 0.606 bits per heavy atom. The number of benzene rings is 14. The van der Waals surface area contributed by atoms with Crippen LogP contribution in [0.2, 0.25) is 5.28 Å². The predicted molar refractivity (Wildman–Crippen MR) is 430 cm³/mol. The number of hydrogen-bond acceptors (Lipinski definition) is 12. The Balaban J connectivity index is 0.000000122. The molecule has 0 amide bonds. The molecule has 0 saturated heterocycles. The van der Waals surface area contributed by atoms with Crippen LogP contribution in [0.5, 0.6) is 0 Å². The minimum absolute atomic E-state index is 0.158. The summed E-state index contributed by atoms with van der Waals surface area (Å²) >= 11 is 9.85. The Morgan fingerprint density at radius 3 is 1.09 bits per heavy atom. The van der Waals surface area contributed by atoms with Crippen LogP contribution in [0.25, 0.3) is 186 Å². The number of aromatic nitrogens is 6. The zero-order valence-electron chi connectivity index (χ0n) is 55.3. The summed E-state index contributed by atoms with van der Waals surface area (Å²) in [5.74, 6) is 2.89. The van der Waals surface area contributed by atoms with Crippen LogP contribution in [-0.2, 0) is 0 Å². The lowest BCUT2D eigenvalue weighted by atomic mass is 9.80. The average Bonchev–Trinajstić information content (AvgIpc) is 1.60. The lowest BCUT2D eigenvalue weighted by Crippen LogP contribution is -2.29. The van der Waals surface area contributed by atoms with Crippen LogP contribution in [0.15, 0.2) is 336 Å². The molecule has 0 aliphatic rings. The van der Waals surface area contributed by atoms with Crippen LogP contribution in [0.1, 0.15) is 0 Å². The van der Waals surface area contributed by atoms with Crippen molar-refractivity contribution in [1.29, 1.82) is 0 Å². The van der Waals surface area contributed by atoms with Crippen molar-refractivity contribution >= 4 is 131 Å². The Morgan fingerprint density at radius 1 is 0.250 bits per heavy atom. The van der Waals surface area contributed by atoms with Gasteiger partial charge in [-0.1, -0.05) is 261 Å². The lowest BCUT2D eigenvalue weighted by Gasteiger charge is -2.10. The minimum Gasteiger partial charge on any atom is -0.456 e. The Labute approximate surface area is 609 Å². The second-order valence-corrected chi connectivity index (χ2v) is 27.6. The van der Waals surface area contributed by atoms with Crippen molar-refractivity contribution in [2.24, 2.45) is 0 Å². The summed E-state index contributed by atoms with van der Waals surface area (Å²) in [5, 5.41) is 28.0. The van der Waals surface area contributed by atoms with E-state index in [2.05, 4.69) is 203 Å². The number of fused-ring (bicyclic) bond motifs is 12. The monoisotopic (exact) mass is 1390 g/mol. The zero-order valence-corrected chi connectivity index (χ0v) is 57.7. The first-order chi connectivity index (χ1) is 51.2. The van der Waals surface area contributed by atoms with Crippen molar-refractivity contribution in [3.8, 4) is 101 Å². The van der Waals surface area contributed by atoms with E-state index in [0.717, 1.165) is 93.9 Å². The summed E-state index contributed by atoms with van der Waals surface area (Å²) in [4.78, 5) is 28.4. The quantitative estimate of drug-likeness (QED) is 0.127. The molecule has 6 heterocycles. The molecule has 0 aliphatic heterocycles. The third-order valence-corrected chi connectivity index (χ3v) is 21.3. The van der Waals surface area contributed by atoms with Gasteiger partial charge in [-0.2, -0.15) is 9.97 Å². The number of halogens is 1. The van der Waals surface area contributed by atoms with Gasteiger partial charge in [0.05, 0.1) is 0 Å². The second-order valence-electron chi connectivity index (χ2n) is 25.2. The van der Waals surface area contributed by atoms with Crippen LogP contribution >= 0.6 is 34.3 Å². The van der Waals surface area contributed by atoms with Crippen molar-refractivity contribution in [3.05, 3.63) is 333 Å². The first kappa shape index (κ1) is 63.6. The van der Waals surface area contributed by atoms with Crippen LogP contribution in [-0.4, -0.2) is 47.1 Å². The first-order valence-electron chi connectivity index (χ1n) is 33.9. The number of thiophene rings is 2. The van der Waals surface area contributed by atoms with E-state index in [9.17, 15) is 10.0 Å². The second kappa shape index (κ2) is 27.4. The molecular weight excluding hydrogens is 1340 g/mol. The topological polar surface area (TPSA) is 144 Å². The minimum atomic E-state index is -1.42.